The summed E-state index contributed by atoms with van der Waals surface area (Å²) in [7, 11) is 0. The van der Waals surface area contributed by atoms with Gasteiger partial charge in [0.1, 0.15) is 5.82 Å². The van der Waals surface area contributed by atoms with E-state index in [1.165, 1.54) is 25.7 Å². The molecule has 2 aromatic heterocycles. The number of carbonyl (C=O) groups is 2. The molecule has 0 spiro atoms. The summed E-state index contributed by atoms with van der Waals surface area (Å²) in [5, 5.41) is 4.95. The lowest BCUT2D eigenvalue weighted by Gasteiger charge is -2.26. The molecular weight excluding hydrogens is 434 g/mol. The fraction of sp³-hybridized carbons (Fsp3) is 0.550. The maximum Gasteiger partial charge on any atom is 0.330 e. The molecule has 2 aromatic rings. The first-order valence-corrected chi connectivity index (χ1v) is 11.4. The van der Waals surface area contributed by atoms with Crippen LogP contribution >= 0.6 is 11.3 Å². The van der Waals surface area contributed by atoms with E-state index < -0.39 is 11.2 Å². The van der Waals surface area contributed by atoms with E-state index >= 15 is 0 Å². The number of urea groups is 1. The molecule has 0 aliphatic carbocycles. The molecule has 12 heteroatoms. The molecule has 3 amide bonds. The predicted octanol–water partition coefficient (Wildman–Crippen LogP) is 0.993. The molecule has 174 valence electrons. The van der Waals surface area contributed by atoms with Crippen LogP contribution in [-0.2, 0) is 17.8 Å². The summed E-state index contributed by atoms with van der Waals surface area (Å²) in [6, 6.07) is -0.217. The number of H-pyrrole nitrogens is 1. The Labute approximate surface area is 189 Å². The second-order valence-corrected chi connectivity index (χ2v) is 9.41. The number of hydrogen-bond acceptors (Lipinski definition) is 7. The van der Waals surface area contributed by atoms with E-state index in [-0.39, 0.29) is 48.2 Å². The van der Waals surface area contributed by atoms with Gasteiger partial charge in [-0.2, -0.15) is 0 Å². The Kier molecular flexibility index (Phi) is 7.02. The van der Waals surface area contributed by atoms with Gasteiger partial charge in [0.25, 0.3) is 5.56 Å². The Morgan fingerprint density at radius 1 is 1.25 bits per heavy atom. The lowest BCUT2D eigenvalue weighted by Crippen LogP contribution is -2.43. The van der Waals surface area contributed by atoms with E-state index in [9.17, 15) is 19.2 Å². The second-order valence-electron chi connectivity index (χ2n) is 8.58. The summed E-state index contributed by atoms with van der Waals surface area (Å²) >= 11 is 1.28. The Bertz CT molecular complexity index is 1120. The highest BCUT2D eigenvalue weighted by atomic mass is 32.1. The third-order valence-electron chi connectivity index (χ3n) is 4.84. The first-order chi connectivity index (χ1) is 15.1. The van der Waals surface area contributed by atoms with E-state index in [0.717, 1.165) is 0 Å². The fourth-order valence-electron chi connectivity index (χ4n) is 3.47. The summed E-state index contributed by atoms with van der Waals surface area (Å²) in [6.07, 6.45) is -0.0686. The number of anilines is 3. The van der Waals surface area contributed by atoms with Crippen LogP contribution < -0.4 is 32.1 Å². The highest BCUT2D eigenvalue weighted by Gasteiger charge is 2.27. The number of aromatic amines is 1. The minimum absolute atomic E-state index is 0.0293. The van der Waals surface area contributed by atoms with E-state index in [2.05, 4.69) is 15.3 Å². The number of nitrogen functional groups attached to an aromatic ring is 1. The SMILES string of the molecule is CC(C)CN(C(=O)Cc1csc(N2CCNC2=O)n1)c1c(N)n(CC(C)C)c(=O)[nH]c1=O. The third-order valence-corrected chi connectivity index (χ3v) is 5.75. The molecule has 3 heterocycles. The molecule has 0 unspecified atom stereocenters. The normalized spacial score (nSPS) is 13.8. The van der Waals surface area contributed by atoms with E-state index in [0.29, 0.717) is 30.5 Å². The Morgan fingerprint density at radius 2 is 1.97 bits per heavy atom. The van der Waals surface area contributed by atoms with Crippen LogP contribution in [-0.4, -0.2) is 46.1 Å². The second kappa shape index (κ2) is 9.55. The molecule has 11 nitrogen and oxygen atoms in total. The Balaban J connectivity index is 1.93. The molecule has 4 N–H and O–H groups in total. The van der Waals surface area contributed by atoms with Gasteiger partial charge in [0.2, 0.25) is 5.91 Å². The lowest BCUT2D eigenvalue weighted by molar-refractivity contribution is -0.118. The number of thiazole rings is 1. The maximum atomic E-state index is 13.3. The predicted molar refractivity (Wildman–Crippen MR) is 124 cm³/mol. The molecule has 0 saturated carbocycles. The number of nitrogens with one attached hydrogen (secondary N) is 2. The van der Waals surface area contributed by atoms with Gasteiger partial charge in [-0.1, -0.05) is 27.7 Å². The number of amides is 3. The molecule has 32 heavy (non-hydrogen) atoms. The number of nitrogens with two attached hydrogens (primary N) is 1. The standard InChI is InChI=1S/C20H29N7O4S/c1-11(2)8-26(15-16(21)27(9-12(3)4)19(31)24-17(15)29)14(28)7-13-10-32-20(23-13)25-6-5-22-18(25)30/h10-12H,5-9,21H2,1-4H3,(H,22,30)(H,24,29,31). The lowest BCUT2D eigenvalue weighted by atomic mass is 10.1. The number of rotatable bonds is 8. The fourth-order valence-corrected chi connectivity index (χ4v) is 4.32. The summed E-state index contributed by atoms with van der Waals surface area (Å²) in [5.41, 5.74) is 5.39. The van der Waals surface area contributed by atoms with Crippen LogP contribution in [0.5, 0.6) is 0 Å². The van der Waals surface area contributed by atoms with Crippen LogP contribution in [0.1, 0.15) is 33.4 Å². The molecule has 1 saturated heterocycles. The maximum absolute atomic E-state index is 13.3. The number of hydrogen-bond donors (Lipinski definition) is 3. The van der Waals surface area contributed by atoms with E-state index in [4.69, 9.17) is 5.73 Å². The van der Waals surface area contributed by atoms with Crippen LogP contribution in [0, 0.1) is 11.8 Å². The van der Waals surface area contributed by atoms with Crippen molar-refractivity contribution in [3.63, 3.8) is 0 Å². The van der Waals surface area contributed by atoms with Gasteiger partial charge in [0.15, 0.2) is 10.8 Å². The molecule has 0 bridgehead atoms. The highest BCUT2D eigenvalue weighted by Crippen LogP contribution is 2.24. The molecule has 1 aliphatic heterocycles. The molecule has 3 rings (SSSR count). The zero-order chi connectivity index (χ0) is 23.6. The number of nitrogens with zero attached hydrogens (tertiary/aromatic N) is 4. The molecule has 1 fully saturated rings. The van der Waals surface area contributed by atoms with E-state index in [1.807, 2.05) is 27.7 Å². The van der Waals surface area contributed by atoms with Gasteiger partial charge in [0.05, 0.1) is 12.1 Å². The number of aromatic nitrogens is 3. The van der Waals surface area contributed by atoms with Crippen LogP contribution in [0.15, 0.2) is 15.0 Å². The highest BCUT2D eigenvalue weighted by molar-refractivity contribution is 7.14. The van der Waals surface area contributed by atoms with Gasteiger partial charge in [-0.15, -0.1) is 11.3 Å². The smallest absolute Gasteiger partial charge is 0.330 e. The van der Waals surface area contributed by atoms with Gasteiger partial charge in [-0.3, -0.25) is 24.0 Å². The van der Waals surface area contributed by atoms with Crippen molar-refractivity contribution in [2.75, 3.05) is 35.2 Å². The summed E-state index contributed by atoms with van der Waals surface area (Å²) in [4.78, 5) is 59.7. The zero-order valence-electron chi connectivity index (χ0n) is 18.7. The first kappa shape index (κ1) is 23.5. The largest absolute Gasteiger partial charge is 0.383 e. The molecular formula is C20H29N7O4S. The van der Waals surface area contributed by atoms with Crippen LogP contribution in [0.25, 0.3) is 0 Å². The number of carbonyl (C=O) groups excluding carboxylic acids is 2. The van der Waals surface area contributed by atoms with Crippen molar-refractivity contribution in [2.45, 2.75) is 40.7 Å². The quantitative estimate of drug-likeness (QED) is 0.532. The minimum Gasteiger partial charge on any atom is -0.383 e. The zero-order valence-corrected chi connectivity index (χ0v) is 19.5. The van der Waals surface area contributed by atoms with Gasteiger partial charge < -0.3 is 16.0 Å². The molecule has 0 radical (unpaired) electrons. The van der Waals surface area contributed by atoms with Gasteiger partial charge in [-0.25, -0.2) is 14.6 Å². The van der Waals surface area contributed by atoms with Crippen molar-refractivity contribution in [3.05, 3.63) is 31.9 Å². The van der Waals surface area contributed by atoms with Crippen LogP contribution in [0.2, 0.25) is 0 Å². The molecule has 0 aromatic carbocycles. The summed E-state index contributed by atoms with van der Waals surface area (Å²) in [5.74, 6) is -0.246. The van der Waals surface area contributed by atoms with Gasteiger partial charge >= 0.3 is 11.7 Å². The Hall–Kier alpha value is -3.15. The summed E-state index contributed by atoms with van der Waals surface area (Å²) in [6.45, 7) is 9.31. The summed E-state index contributed by atoms with van der Waals surface area (Å²) < 4.78 is 1.29. The van der Waals surface area contributed by atoms with Crippen molar-refractivity contribution in [1.29, 1.82) is 0 Å². The Morgan fingerprint density at radius 3 is 2.56 bits per heavy atom. The van der Waals surface area contributed by atoms with Crippen molar-refractivity contribution in [1.82, 2.24) is 19.9 Å². The van der Waals surface area contributed by atoms with E-state index in [1.54, 1.807) is 5.38 Å². The van der Waals surface area contributed by atoms with Gasteiger partial charge in [-0.05, 0) is 11.8 Å². The van der Waals surface area contributed by atoms with Crippen molar-refractivity contribution < 1.29 is 9.59 Å². The minimum atomic E-state index is -0.700. The molecule has 0 atom stereocenters. The third kappa shape index (κ3) is 5.01. The average molecular weight is 464 g/mol. The molecule has 1 aliphatic rings. The van der Waals surface area contributed by atoms with Gasteiger partial charge in [0, 0.05) is 31.6 Å². The average Bonchev–Trinajstić information content (AvgIpc) is 3.32. The van der Waals surface area contributed by atoms with Crippen molar-refractivity contribution in [3.8, 4) is 0 Å². The van der Waals surface area contributed by atoms with Crippen LogP contribution in [0.4, 0.5) is 21.4 Å². The van der Waals surface area contributed by atoms with Crippen molar-refractivity contribution >= 4 is 39.9 Å². The first-order valence-electron chi connectivity index (χ1n) is 10.5. The monoisotopic (exact) mass is 463 g/mol. The van der Waals surface area contributed by atoms with Crippen LogP contribution in [0.3, 0.4) is 0 Å². The van der Waals surface area contributed by atoms with Crippen molar-refractivity contribution in [2.24, 2.45) is 11.8 Å². The topological polar surface area (TPSA) is 146 Å².